The first-order valence-corrected chi connectivity index (χ1v) is 6.62. The molecule has 0 fully saturated rings. The van der Waals surface area contributed by atoms with Crippen LogP contribution in [0.25, 0.3) is 0 Å². The van der Waals surface area contributed by atoms with Crippen LogP contribution in [0.1, 0.15) is 41.0 Å². The highest BCUT2D eigenvalue weighted by molar-refractivity contribution is 5.81. The maximum atomic E-state index is 11.6. The van der Waals surface area contributed by atoms with E-state index in [0.717, 1.165) is 19.5 Å². The highest BCUT2D eigenvalue weighted by Gasteiger charge is 2.13. The van der Waals surface area contributed by atoms with Gasteiger partial charge in [0.2, 0.25) is 5.91 Å². The van der Waals surface area contributed by atoms with Crippen molar-refractivity contribution in [2.75, 3.05) is 20.1 Å². The maximum absolute atomic E-state index is 11.6. The molecule has 2 unspecified atom stereocenters. The van der Waals surface area contributed by atoms with Crippen LogP contribution in [0.2, 0.25) is 0 Å². The van der Waals surface area contributed by atoms with Gasteiger partial charge >= 0.3 is 0 Å². The van der Waals surface area contributed by atoms with E-state index < -0.39 is 0 Å². The summed E-state index contributed by atoms with van der Waals surface area (Å²) in [5.41, 5.74) is 0. The quantitative estimate of drug-likeness (QED) is 0.674. The smallest absolute Gasteiger partial charge is 0.237 e. The molecule has 0 aliphatic rings. The van der Waals surface area contributed by atoms with E-state index in [9.17, 15) is 4.79 Å². The van der Waals surface area contributed by atoms with Crippen molar-refractivity contribution in [1.82, 2.24) is 15.5 Å². The molecule has 1 amide bonds. The number of nitrogens with zero attached hydrogens (tertiary/aromatic N) is 1. The Kier molecular flexibility index (Phi) is 8.17. The van der Waals surface area contributed by atoms with Crippen LogP contribution in [-0.2, 0) is 4.79 Å². The highest BCUT2D eigenvalue weighted by atomic mass is 16.2. The van der Waals surface area contributed by atoms with E-state index in [2.05, 4.69) is 36.4 Å². The molecule has 0 saturated carbocycles. The van der Waals surface area contributed by atoms with Gasteiger partial charge in [-0.1, -0.05) is 6.92 Å². The second-order valence-corrected chi connectivity index (χ2v) is 5.08. The number of amides is 1. The van der Waals surface area contributed by atoms with E-state index in [1.807, 2.05) is 20.8 Å². The van der Waals surface area contributed by atoms with Gasteiger partial charge < -0.3 is 15.5 Å². The average molecular weight is 243 g/mol. The standard InChI is InChI=1S/C13H29N3O/c1-7-11(4)16(6)9-8-14-12(5)13(17)15-10(2)3/h10-12,14H,7-9H2,1-6H3,(H,15,17). The van der Waals surface area contributed by atoms with Gasteiger partial charge in [-0.25, -0.2) is 0 Å². The Morgan fingerprint density at radius 2 is 1.82 bits per heavy atom. The first kappa shape index (κ1) is 16.4. The summed E-state index contributed by atoms with van der Waals surface area (Å²) in [6.45, 7) is 12.1. The van der Waals surface area contributed by atoms with Crippen LogP contribution in [-0.4, -0.2) is 49.1 Å². The van der Waals surface area contributed by atoms with Gasteiger partial charge in [-0.3, -0.25) is 4.79 Å². The molecule has 17 heavy (non-hydrogen) atoms. The second-order valence-electron chi connectivity index (χ2n) is 5.08. The lowest BCUT2D eigenvalue weighted by Crippen LogP contribution is -2.46. The molecule has 0 spiro atoms. The summed E-state index contributed by atoms with van der Waals surface area (Å²) >= 11 is 0. The van der Waals surface area contributed by atoms with Gasteiger partial charge in [-0.15, -0.1) is 0 Å². The monoisotopic (exact) mass is 243 g/mol. The Morgan fingerprint density at radius 1 is 1.24 bits per heavy atom. The summed E-state index contributed by atoms with van der Waals surface area (Å²) in [4.78, 5) is 13.9. The molecule has 0 aromatic heterocycles. The predicted octanol–water partition coefficient (Wildman–Crippen LogP) is 1.22. The van der Waals surface area contributed by atoms with Crippen molar-refractivity contribution in [1.29, 1.82) is 0 Å². The molecule has 0 aliphatic heterocycles. The summed E-state index contributed by atoms with van der Waals surface area (Å²) < 4.78 is 0. The van der Waals surface area contributed by atoms with Gasteiger partial charge in [0.15, 0.2) is 0 Å². The Morgan fingerprint density at radius 3 is 2.29 bits per heavy atom. The van der Waals surface area contributed by atoms with Crippen molar-refractivity contribution in [3.63, 3.8) is 0 Å². The van der Waals surface area contributed by atoms with E-state index in [1.165, 1.54) is 0 Å². The third kappa shape index (κ3) is 7.34. The number of rotatable bonds is 8. The minimum Gasteiger partial charge on any atom is -0.353 e. The number of likely N-dealkylation sites (N-methyl/N-ethyl adjacent to an activating group) is 1. The van der Waals surface area contributed by atoms with E-state index in [0.29, 0.717) is 6.04 Å². The predicted molar refractivity (Wildman–Crippen MR) is 73.1 cm³/mol. The molecule has 0 bridgehead atoms. The van der Waals surface area contributed by atoms with Crippen molar-refractivity contribution in [3.8, 4) is 0 Å². The normalized spacial score (nSPS) is 15.1. The lowest BCUT2D eigenvalue weighted by Gasteiger charge is -2.24. The van der Waals surface area contributed by atoms with E-state index >= 15 is 0 Å². The van der Waals surface area contributed by atoms with Gasteiger partial charge in [-0.2, -0.15) is 0 Å². The maximum Gasteiger partial charge on any atom is 0.237 e. The molecule has 102 valence electrons. The first-order valence-electron chi connectivity index (χ1n) is 6.62. The molecular formula is C13H29N3O. The number of carbonyl (C=O) groups is 1. The molecule has 0 aromatic carbocycles. The molecule has 0 aliphatic carbocycles. The zero-order valence-corrected chi connectivity index (χ0v) is 12.2. The Bertz CT molecular complexity index is 219. The summed E-state index contributed by atoms with van der Waals surface area (Å²) in [5.74, 6) is 0.0752. The van der Waals surface area contributed by atoms with Crippen LogP contribution in [0.15, 0.2) is 0 Å². The van der Waals surface area contributed by atoms with Crippen molar-refractivity contribution in [2.45, 2.75) is 59.2 Å². The largest absolute Gasteiger partial charge is 0.353 e. The third-order valence-corrected chi connectivity index (χ3v) is 3.08. The molecule has 0 radical (unpaired) electrons. The molecule has 0 heterocycles. The number of hydrogen-bond acceptors (Lipinski definition) is 3. The summed E-state index contributed by atoms with van der Waals surface area (Å²) in [5, 5.41) is 6.14. The van der Waals surface area contributed by atoms with Gasteiger partial charge in [0.25, 0.3) is 0 Å². The first-order chi connectivity index (χ1) is 7.88. The van der Waals surface area contributed by atoms with Crippen LogP contribution in [0.3, 0.4) is 0 Å². The summed E-state index contributed by atoms with van der Waals surface area (Å²) in [7, 11) is 2.12. The lowest BCUT2D eigenvalue weighted by atomic mass is 10.2. The Balaban J connectivity index is 3.77. The van der Waals surface area contributed by atoms with Gasteiger partial charge in [-0.05, 0) is 41.2 Å². The molecule has 4 nitrogen and oxygen atoms in total. The van der Waals surface area contributed by atoms with Crippen molar-refractivity contribution in [2.24, 2.45) is 0 Å². The molecule has 4 heteroatoms. The van der Waals surface area contributed by atoms with Gasteiger partial charge in [0, 0.05) is 25.2 Å². The fourth-order valence-electron chi connectivity index (χ4n) is 1.49. The molecule has 0 rings (SSSR count). The Labute approximate surface area is 106 Å². The topological polar surface area (TPSA) is 44.4 Å². The minimum atomic E-state index is -0.122. The van der Waals surface area contributed by atoms with Gasteiger partial charge in [0.1, 0.15) is 0 Å². The lowest BCUT2D eigenvalue weighted by molar-refractivity contribution is -0.123. The summed E-state index contributed by atoms with van der Waals surface area (Å²) in [6, 6.07) is 0.675. The fraction of sp³-hybridized carbons (Fsp3) is 0.923. The van der Waals surface area contributed by atoms with Crippen LogP contribution in [0, 0.1) is 0 Å². The third-order valence-electron chi connectivity index (χ3n) is 3.08. The number of hydrogen-bond donors (Lipinski definition) is 2. The molecular weight excluding hydrogens is 214 g/mol. The second kappa shape index (κ2) is 8.48. The number of carbonyl (C=O) groups excluding carboxylic acids is 1. The Hall–Kier alpha value is -0.610. The van der Waals surface area contributed by atoms with Crippen LogP contribution < -0.4 is 10.6 Å². The summed E-state index contributed by atoms with van der Waals surface area (Å²) in [6.07, 6.45) is 1.15. The average Bonchev–Trinajstić information content (AvgIpc) is 2.26. The van der Waals surface area contributed by atoms with Crippen LogP contribution in [0.4, 0.5) is 0 Å². The van der Waals surface area contributed by atoms with Crippen LogP contribution in [0.5, 0.6) is 0 Å². The fourth-order valence-corrected chi connectivity index (χ4v) is 1.49. The van der Waals surface area contributed by atoms with Crippen LogP contribution >= 0.6 is 0 Å². The van der Waals surface area contributed by atoms with Crippen molar-refractivity contribution in [3.05, 3.63) is 0 Å². The molecule has 2 N–H and O–H groups in total. The van der Waals surface area contributed by atoms with E-state index in [1.54, 1.807) is 0 Å². The van der Waals surface area contributed by atoms with Crippen molar-refractivity contribution < 1.29 is 4.79 Å². The zero-order valence-electron chi connectivity index (χ0n) is 12.2. The number of nitrogens with one attached hydrogen (secondary N) is 2. The zero-order chi connectivity index (χ0) is 13.4. The molecule has 0 aromatic rings. The SMILES string of the molecule is CCC(C)N(C)CCNC(C)C(=O)NC(C)C. The highest BCUT2D eigenvalue weighted by Crippen LogP contribution is 1.98. The van der Waals surface area contributed by atoms with E-state index in [4.69, 9.17) is 0 Å². The molecule has 0 saturated heterocycles. The van der Waals surface area contributed by atoms with Gasteiger partial charge in [0.05, 0.1) is 6.04 Å². The minimum absolute atomic E-state index is 0.0752. The van der Waals surface area contributed by atoms with E-state index in [-0.39, 0.29) is 18.0 Å². The van der Waals surface area contributed by atoms with Crippen molar-refractivity contribution >= 4 is 5.91 Å². The molecule has 2 atom stereocenters.